The molecule has 1 aromatic carbocycles. The molecule has 0 aliphatic carbocycles. The molecular weight excluding hydrogens is 340 g/mol. The van der Waals surface area contributed by atoms with Gasteiger partial charge in [-0.3, -0.25) is 4.79 Å². The maximum absolute atomic E-state index is 12.4. The van der Waals surface area contributed by atoms with E-state index in [9.17, 15) is 4.79 Å². The van der Waals surface area contributed by atoms with Crippen LogP contribution in [-0.2, 0) is 0 Å². The van der Waals surface area contributed by atoms with E-state index in [1.165, 1.54) is 0 Å². The minimum atomic E-state index is -0.152. The van der Waals surface area contributed by atoms with E-state index in [-0.39, 0.29) is 5.91 Å². The molecule has 0 unspecified atom stereocenters. The number of likely N-dealkylation sites (N-methyl/N-ethyl adjacent to an activating group) is 1. The molecule has 1 aliphatic heterocycles. The summed E-state index contributed by atoms with van der Waals surface area (Å²) >= 11 is 0. The van der Waals surface area contributed by atoms with Crippen molar-refractivity contribution in [2.45, 2.75) is 32.2 Å². The Bertz CT molecular complexity index is 731. The number of unbranched alkanes of at least 4 members (excludes halogenated alkanes) is 1. The Hall–Kier alpha value is -2.60. The largest absolute Gasteiger partial charge is 0.494 e. The van der Waals surface area contributed by atoms with Crippen LogP contribution in [0, 0.1) is 0 Å². The molecular formula is C21H28N4O2. The van der Waals surface area contributed by atoms with E-state index in [1.807, 2.05) is 31.3 Å². The molecule has 6 heteroatoms. The quantitative estimate of drug-likeness (QED) is 0.700. The number of nitrogens with zero attached hydrogens (tertiary/aromatic N) is 2. The third-order valence-electron chi connectivity index (χ3n) is 4.81. The third-order valence-corrected chi connectivity index (χ3v) is 4.81. The molecule has 2 N–H and O–H groups in total. The van der Waals surface area contributed by atoms with E-state index >= 15 is 0 Å². The molecule has 3 rings (SSSR count). The van der Waals surface area contributed by atoms with Crippen LogP contribution in [-0.4, -0.2) is 43.7 Å². The van der Waals surface area contributed by atoms with Crippen LogP contribution in [0.25, 0.3) is 0 Å². The fourth-order valence-corrected chi connectivity index (χ4v) is 3.09. The van der Waals surface area contributed by atoms with E-state index in [0.29, 0.717) is 23.9 Å². The first-order valence-electron chi connectivity index (χ1n) is 9.62. The van der Waals surface area contributed by atoms with Crippen molar-refractivity contribution in [3.8, 4) is 5.75 Å². The van der Waals surface area contributed by atoms with Crippen molar-refractivity contribution in [1.29, 1.82) is 0 Å². The number of anilines is 2. The van der Waals surface area contributed by atoms with Gasteiger partial charge in [-0.1, -0.05) is 13.3 Å². The Balaban J connectivity index is 1.54. The highest BCUT2D eigenvalue weighted by atomic mass is 16.5. The van der Waals surface area contributed by atoms with Crippen LogP contribution >= 0.6 is 0 Å². The first-order chi connectivity index (χ1) is 13.2. The SMILES string of the molecule is CCCCOc1ccc(C(=O)Nc2ccc(N3CC[C@@H](NC)C3)nc2)cc1. The van der Waals surface area contributed by atoms with Gasteiger partial charge in [0, 0.05) is 24.7 Å². The number of hydrogen-bond donors (Lipinski definition) is 2. The zero-order valence-corrected chi connectivity index (χ0v) is 16.1. The summed E-state index contributed by atoms with van der Waals surface area (Å²) in [6.45, 7) is 4.79. The van der Waals surface area contributed by atoms with Gasteiger partial charge < -0.3 is 20.3 Å². The smallest absolute Gasteiger partial charge is 0.255 e. The van der Waals surface area contributed by atoms with Crippen molar-refractivity contribution in [3.63, 3.8) is 0 Å². The van der Waals surface area contributed by atoms with Crippen LogP contribution in [0.4, 0.5) is 11.5 Å². The Morgan fingerprint density at radius 3 is 2.70 bits per heavy atom. The summed E-state index contributed by atoms with van der Waals surface area (Å²) in [5, 5.41) is 6.20. The monoisotopic (exact) mass is 368 g/mol. The minimum Gasteiger partial charge on any atom is -0.494 e. The maximum Gasteiger partial charge on any atom is 0.255 e. The predicted molar refractivity (Wildman–Crippen MR) is 109 cm³/mol. The molecule has 0 spiro atoms. The molecule has 2 heterocycles. The van der Waals surface area contributed by atoms with E-state index in [0.717, 1.165) is 43.9 Å². The van der Waals surface area contributed by atoms with Crippen molar-refractivity contribution in [2.75, 3.05) is 37.0 Å². The predicted octanol–water partition coefficient (Wildman–Crippen LogP) is 3.31. The summed E-state index contributed by atoms with van der Waals surface area (Å²) in [6, 6.07) is 11.6. The lowest BCUT2D eigenvalue weighted by Crippen LogP contribution is -2.29. The first kappa shape index (κ1) is 19.2. The van der Waals surface area contributed by atoms with Gasteiger partial charge >= 0.3 is 0 Å². The lowest BCUT2D eigenvalue weighted by atomic mass is 10.2. The second-order valence-corrected chi connectivity index (χ2v) is 6.81. The molecule has 0 saturated carbocycles. The summed E-state index contributed by atoms with van der Waals surface area (Å²) in [4.78, 5) is 19.2. The summed E-state index contributed by atoms with van der Waals surface area (Å²) in [5.41, 5.74) is 1.29. The van der Waals surface area contributed by atoms with Gasteiger partial charge in [0.05, 0.1) is 18.5 Å². The average molecular weight is 368 g/mol. The highest BCUT2D eigenvalue weighted by Crippen LogP contribution is 2.20. The number of rotatable bonds is 8. The average Bonchev–Trinajstić information content (AvgIpc) is 3.18. The highest BCUT2D eigenvalue weighted by molar-refractivity contribution is 6.04. The van der Waals surface area contributed by atoms with Crippen LogP contribution in [0.15, 0.2) is 42.6 Å². The van der Waals surface area contributed by atoms with E-state index < -0.39 is 0 Å². The Morgan fingerprint density at radius 1 is 1.26 bits per heavy atom. The number of pyridine rings is 1. The minimum absolute atomic E-state index is 0.152. The molecule has 0 radical (unpaired) electrons. The van der Waals surface area contributed by atoms with Crippen LogP contribution in [0.1, 0.15) is 36.5 Å². The number of ether oxygens (including phenoxy) is 1. The zero-order chi connectivity index (χ0) is 19.1. The summed E-state index contributed by atoms with van der Waals surface area (Å²) in [5.74, 6) is 1.58. The van der Waals surface area contributed by atoms with Crippen molar-refractivity contribution in [3.05, 3.63) is 48.2 Å². The molecule has 6 nitrogen and oxygen atoms in total. The lowest BCUT2D eigenvalue weighted by Gasteiger charge is -2.17. The lowest BCUT2D eigenvalue weighted by molar-refractivity contribution is 0.102. The Morgan fingerprint density at radius 2 is 2.07 bits per heavy atom. The molecule has 1 fully saturated rings. The van der Waals surface area contributed by atoms with Crippen LogP contribution in [0.5, 0.6) is 5.75 Å². The highest BCUT2D eigenvalue weighted by Gasteiger charge is 2.21. The standard InChI is InChI=1S/C21H28N4O2/c1-3-4-13-27-19-8-5-16(6-9-19)21(26)24-17-7-10-20(23-14-17)25-12-11-18(15-25)22-2/h5-10,14,18,22H,3-4,11-13,15H2,1-2H3,(H,24,26)/t18-/m1/s1. The number of amides is 1. The molecule has 0 bridgehead atoms. The van der Waals surface area contributed by atoms with Crippen LogP contribution in [0.3, 0.4) is 0 Å². The van der Waals surface area contributed by atoms with Gasteiger partial charge in [0.25, 0.3) is 5.91 Å². The van der Waals surface area contributed by atoms with Crippen LogP contribution in [0.2, 0.25) is 0 Å². The molecule has 1 atom stereocenters. The van der Waals surface area contributed by atoms with Gasteiger partial charge in [-0.2, -0.15) is 0 Å². The molecule has 1 saturated heterocycles. The van der Waals surface area contributed by atoms with Crippen molar-refractivity contribution in [2.24, 2.45) is 0 Å². The molecule has 144 valence electrons. The van der Waals surface area contributed by atoms with Gasteiger partial charge in [-0.05, 0) is 56.3 Å². The second kappa shape index (κ2) is 9.37. The Labute approximate surface area is 160 Å². The van der Waals surface area contributed by atoms with Crippen molar-refractivity contribution >= 4 is 17.4 Å². The second-order valence-electron chi connectivity index (χ2n) is 6.81. The van der Waals surface area contributed by atoms with Gasteiger partial charge in [0.1, 0.15) is 11.6 Å². The maximum atomic E-state index is 12.4. The number of hydrogen-bond acceptors (Lipinski definition) is 5. The van der Waals surface area contributed by atoms with Crippen LogP contribution < -0.4 is 20.3 Å². The summed E-state index contributed by atoms with van der Waals surface area (Å²) in [6.07, 6.45) is 4.95. The number of carbonyl (C=O) groups is 1. The van der Waals surface area contributed by atoms with Gasteiger partial charge in [0.15, 0.2) is 0 Å². The summed E-state index contributed by atoms with van der Waals surface area (Å²) < 4.78 is 5.63. The fraction of sp³-hybridized carbons (Fsp3) is 0.429. The summed E-state index contributed by atoms with van der Waals surface area (Å²) in [7, 11) is 1.99. The number of carbonyl (C=O) groups excluding carboxylic acids is 1. The fourth-order valence-electron chi connectivity index (χ4n) is 3.09. The van der Waals surface area contributed by atoms with Gasteiger partial charge in [-0.25, -0.2) is 4.98 Å². The number of aromatic nitrogens is 1. The number of nitrogens with one attached hydrogen (secondary N) is 2. The molecule has 27 heavy (non-hydrogen) atoms. The van der Waals surface area contributed by atoms with Crippen molar-refractivity contribution in [1.82, 2.24) is 10.3 Å². The molecule has 1 aromatic heterocycles. The van der Waals surface area contributed by atoms with Gasteiger partial charge in [0.2, 0.25) is 0 Å². The first-order valence-corrected chi connectivity index (χ1v) is 9.62. The topological polar surface area (TPSA) is 66.5 Å². The third kappa shape index (κ3) is 5.20. The Kier molecular flexibility index (Phi) is 6.65. The number of benzene rings is 1. The van der Waals surface area contributed by atoms with E-state index in [2.05, 4.69) is 27.4 Å². The van der Waals surface area contributed by atoms with E-state index in [1.54, 1.807) is 18.3 Å². The van der Waals surface area contributed by atoms with Gasteiger partial charge in [-0.15, -0.1) is 0 Å². The molecule has 2 aromatic rings. The van der Waals surface area contributed by atoms with E-state index in [4.69, 9.17) is 4.74 Å². The molecule has 1 amide bonds. The van der Waals surface area contributed by atoms with Crippen molar-refractivity contribution < 1.29 is 9.53 Å². The molecule has 1 aliphatic rings. The zero-order valence-electron chi connectivity index (χ0n) is 16.1. The normalized spacial score (nSPS) is 16.4.